The number of Topliss-reactive ketones (excluding diaryl/α,β-unsaturated/α-hetero) is 1. The predicted molar refractivity (Wildman–Crippen MR) is 67.4 cm³/mol. The average Bonchev–Trinajstić information content (AvgIpc) is 2.58. The van der Waals surface area contributed by atoms with Crippen LogP contribution < -0.4 is 0 Å². The highest BCUT2D eigenvalue weighted by molar-refractivity contribution is 6.30. The Kier molecular flexibility index (Phi) is 3.29. The van der Waals surface area contributed by atoms with E-state index in [1.165, 1.54) is 0 Å². The van der Waals surface area contributed by atoms with Gasteiger partial charge in [-0.3, -0.25) is 9.48 Å². The van der Waals surface area contributed by atoms with Crippen molar-refractivity contribution in [2.24, 2.45) is 7.05 Å². The Balaban J connectivity index is 2.20. The van der Waals surface area contributed by atoms with Crippen molar-refractivity contribution in [1.29, 1.82) is 0 Å². The van der Waals surface area contributed by atoms with Crippen molar-refractivity contribution in [2.45, 2.75) is 13.3 Å². The summed E-state index contributed by atoms with van der Waals surface area (Å²) in [6.45, 7) is 1.87. The van der Waals surface area contributed by atoms with Crippen molar-refractivity contribution in [1.82, 2.24) is 9.78 Å². The number of halogens is 1. The van der Waals surface area contributed by atoms with Crippen LogP contribution in [0.15, 0.2) is 30.3 Å². The fourth-order valence-corrected chi connectivity index (χ4v) is 2.01. The van der Waals surface area contributed by atoms with E-state index in [1.807, 2.05) is 25.1 Å². The summed E-state index contributed by atoms with van der Waals surface area (Å²) in [4.78, 5) is 12.1. The maximum Gasteiger partial charge on any atom is 0.185 e. The standard InChI is InChI=1S/C13H13ClN2O/c1-9-6-12(16(2)15-9)13(17)8-10-4-3-5-11(14)7-10/h3-7H,8H2,1-2H3. The molecule has 2 rings (SSSR count). The summed E-state index contributed by atoms with van der Waals surface area (Å²) in [5, 5.41) is 4.81. The van der Waals surface area contributed by atoms with E-state index in [0.29, 0.717) is 17.1 Å². The summed E-state index contributed by atoms with van der Waals surface area (Å²) in [7, 11) is 1.78. The van der Waals surface area contributed by atoms with E-state index >= 15 is 0 Å². The highest BCUT2D eigenvalue weighted by atomic mass is 35.5. The summed E-state index contributed by atoms with van der Waals surface area (Å²) in [5.41, 5.74) is 2.39. The Hall–Kier alpha value is -1.61. The summed E-state index contributed by atoms with van der Waals surface area (Å²) in [6.07, 6.45) is 0.347. The van der Waals surface area contributed by atoms with Gasteiger partial charge < -0.3 is 0 Å². The van der Waals surface area contributed by atoms with Gasteiger partial charge in [0.25, 0.3) is 0 Å². The Bertz CT molecular complexity index is 560. The summed E-state index contributed by atoms with van der Waals surface area (Å²) >= 11 is 5.88. The smallest absolute Gasteiger partial charge is 0.185 e. The minimum atomic E-state index is 0.0513. The zero-order chi connectivity index (χ0) is 12.4. The van der Waals surface area contributed by atoms with Gasteiger partial charge in [0.05, 0.1) is 5.69 Å². The van der Waals surface area contributed by atoms with Crippen LogP contribution >= 0.6 is 11.6 Å². The van der Waals surface area contributed by atoms with E-state index in [2.05, 4.69) is 5.10 Å². The van der Waals surface area contributed by atoms with Crippen LogP contribution in [0.2, 0.25) is 5.02 Å². The van der Waals surface area contributed by atoms with Gasteiger partial charge in [-0.15, -0.1) is 0 Å². The lowest BCUT2D eigenvalue weighted by Crippen LogP contribution is -2.09. The first-order chi connectivity index (χ1) is 8.06. The normalized spacial score (nSPS) is 10.5. The monoisotopic (exact) mass is 248 g/mol. The van der Waals surface area contributed by atoms with Crippen LogP contribution in [0.4, 0.5) is 0 Å². The molecule has 0 saturated heterocycles. The molecule has 0 saturated carbocycles. The first-order valence-corrected chi connectivity index (χ1v) is 5.72. The maximum atomic E-state index is 12.1. The molecule has 1 aromatic carbocycles. The van der Waals surface area contributed by atoms with Gasteiger partial charge >= 0.3 is 0 Å². The first kappa shape index (κ1) is 11.9. The topological polar surface area (TPSA) is 34.9 Å². The molecule has 0 fully saturated rings. The molecule has 0 aliphatic rings. The van der Waals surface area contributed by atoms with E-state index in [4.69, 9.17) is 11.6 Å². The van der Waals surface area contributed by atoms with Crippen LogP contribution in [-0.2, 0) is 13.5 Å². The van der Waals surface area contributed by atoms with Gasteiger partial charge in [0.1, 0.15) is 5.69 Å². The Morgan fingerprint density at radius 2 is 2.18 bits per heavy atom. The second kappa shape index (κ2) is 4.72. The third kappa shape index (κ3) is 2.74. The molecule has 0 spiro atoms. The number of hydrogen-bond acceptors (Lipinski definition) is 2. The first-order valence-electron chi connectivity index (χ1n) is 5.34. The molecule has 1 aromatic heterocycles. The van der Waals surface area contributed by atoms with Gasteiger partial charge in [0, 0.05) is 18.5 Å². The molecule has 0 atom stereocenters. The van der Waals surface area contributed by atoms with E-state index in [-0.39, 0.29) is 5.78 Å². The highest BCUT2D eigenvalue weighted by Crippen LogP contribution is 2.13. The minimum Gasteiger partial charge on any atom is -0.292 e. The largest absolute Gasteiger partial charge is 0.292 e. The number of aromatic nitrogens is 2. The van der Waals surface area contributed by atoms with Crippen LogP contribution in [-0.4, -0.2) is 15.6 Å². The van der Waals surface area contributed by atoms with Gasteiger partial charge in [-0.2, -0.15) is 5.10 Å². The maximum absolute atomic E-state index is 12.1. The number of hydrogen-bond donors (Lipinski definition) is 0. The van der Waals surface area contributed by atoms with Crippen LogP contribution in [0, 0.1) is 6.92 Å². The van der Waals surface area contributed by atoms with Crippen molar-refractivity contribution < 1.29 is 4.79 Å². The Labute approximate surface area is 105 Å². The average molecular weight is 249 g/mol. The molecule has 0 bridgehead atoms. The SMILES string of the molecule is Cc1cc(C(=O)Cc2cccc(Cl)c2)n(C)n1. The van der Waals surface area contributed by atoms with Crippen molar-refractivity contribution >= 4 is 17.4 Å². The molecule has 0 unspecified atom stereocenters. The third-order valence-corrected chi connectivity index (χ3v) is 2.78. The number of aryl methyl sites for hydroxylation is 2. The Morgan fingerprint density at radius 1 is 1.41 bits per heavy atom. The Morgan fingerprint density at radius 3 is 2.76 bits per heavy atom. The van der Waals surface area contributed by atoms with Gasteiger partial charge in [0.15, 0.2) is 5.78 Å². The molecule has 1 heterocycles. The molecule has 0 N–H and O–H groups in total. The number of ketones is 1. The van der Waals surface area contributed by atoms with Crippen LogP contribution in [0.5, 0.6) is 0 Å². The van der Waals surface area contributed by atoms with E-state index in [0.717, 1.165) is 11.3 Å². The van der Waals surface area contributed by atoms with E-state index in [9.17, 15) is 4.79 Å². The predicted octanol–water partition coefficient (Wildman–Crippen LogP) is 2.81. The second-order valence-corrected chi connectivity index (χ2v) is 4.46. The van der Waals surface area contributed by atoms with Gasteiger partial charge in [0.2, 0.25) is 0 Å². The fraction of sp³-hybridized carbons (Fsp3) is 0.231. The quantitative estimate of drug-likeness (QED) is 0.783. The van der Waals surface area contributed by atoms with Gasteiger partial charge in [-0.1, -0.05) is 23.7 Å². The van der Waals surface area contributed by atoms with Gasteiger partial charge in [-0.25, -0.2) is 0 Å². The molecule has 17 heavy (non-hydrogen) atoms. The van der Waals surface area contributed by atoms with Crippen molar-refractivity contribution in [3.8, 4) is 0 Å². The molecule has 4 heteroatoms. The minimum absolute atomic E-state index is 0.0513. The molecule has 0 aliphatic heterocycles. The number of carbonyl (C=O) groups is 1. The third-order valence-electron chi connectivity index (χ3n) is 2.54. The lowest BCUT2D eigenvalue weighted by molar-refractivity contribution is 0.0984. The van der Waals surface area contributed by atoms with Crippen molar-refractivity contribution in [3.05, 3.63) is 52.3 Å². The van der Waals surface area contributed by atoms with Crippen molar-refractivity contribution in [3.63, 3.8) is 0 Å². The molecule has 3 nitrogen and oxygen atoms in total. The number of benzene rings is 1. The van der Waals surface area contributed by atoms with Crippen molar-refractivity contribution in [2.75, 3.05) is 0 Å². The van der Waals surface area contributed by atoms with Crippen LogP contribution in [0.25, 0.3) is 0 Å². The number of carbonyl (C=O) groups excluding carboxylic acids is 1. The summed E-state index contributed by atoms with van der Waals surface area (Å²) < 4.78 is 1.61. The lowest BCUT2D eigenvalue weighted by Gasteiger charge is -2.02. The van der Waals surface area contributed by atoms with Crippen LogP contribution in [0.1, 0.15) is 21.7 Å². The second-order valence-electron chi connectivity index (χ2n) is 4.02. The van der Waals surface area contributed by atoms with Gasteiger partial charge in [-0.05, 0) is 30.7 Å². The molecule has 0 aliphatic carbocycles. The fourth-order valence-electron chi connectivity index (χ4n) is 1.79. The van der Waals surface area contributed by atoms with E-state index < -0.39 is 0 Å². The zero-order valence-electron chi connectivity index (χ0n) is 9.77. The summed E-state index contributed by atoms with van der Waals surface area (Å²) in [5.74, 6) is 0.0513. The lowest BCUT2D eigenvalue weighted by atomic mass is 10.1. The highest BCUT2D eigenvalue weighted by Gasteiger charge is 2.12. The molecule has 2 aromatic rings. The number of nitrogens with zero attached hydrogens (tertiary/aromatic N) is 2. The molecular weight excluding hydrogens is 236 g/mol. The van der Waals surface area contributed by atoms with E-state index in [1.54, 1.807) is 23.9 Å². The number of rotatable bonds is 3. The molecule has 88 valence electrons. The van der Waals surface area contributed by atoms with Crippen LogP contribution in [0.3, 0.4) is 0 Å². The molecule has 0 amide bonds. The molecule has 0 radical (unpaired) electrons. The molecular formula is C13H13ClN2O. The zero-order valence-corrected chi connectivity index (χ0v) is 10.5. The summed E-state index contributed by atoms with van der Waals surface area (Å²) in [6, 6.07) is 9.14.